The highest BCUT2D eigenvalue weighted by molar-refractivity contribution is 7.09. The van der Waals surface area contributed by atoms with Gasteiger partial charge in [-0.15, -0.1) is 11.3 Å². The molecule has 1 amide bonds. The summed E-state index contributed by atoms with van der Waals surface area (Å²) in [6.45, 7) is 4.86. The number of hydrogen-bond acceptors (Lipinski definition) is 7. The summed E-state index contributed by atoms with van der Waals surface area (Å²) in [7, 11) is 0. The lowest BCUT2D eigenvalue weighted by Crippen LogP contribution is -2.44. The third kappa shape index (κ3) is 6.20. The van der Waals surface area contributed by atoms with Gasteiger partial charge in [-0.3, -0.25) is 14.7 Å². The summed E-state index contributed by atoms with van der Waals surface area (Å²) in [5.41, 5.74) is 0.821. The first-order valence-corrected chi connectivity index (χ1v) is 10.5. The number of piperidine rings is 1. The highest BCUT2D eigenvalue weighted by Crippen LogP contribution is 2.41. The number of carbonyl (C=O) groups is 2. The largest absolute Gasteiger partial charge is 0.490 e. The van der Waals surface area contributed by atoms with Crippen molar-refractivity contribution in [3.05, 3.63) is 40.9 Å². The SMILES string of the molecule is O=C(O)C(F)(F)F.O=C(c1cnccn1)N1CCC2(CCN(Cc3nccs3)C2)CC1. The maximum atomic E-state index is 12.5. The second-order valence-corrected chi connectivity index (χ2v) is 8.55. The molecule has 31 heavy (non-hydrogen) atoms. The van der Waals surface area contributed by atoms with Crippen molar-refractivity contribution >= 4 is 23.2 Å². The summed E-state index contributed by atoms with van der Waals surface area (Å²) in [6.07, 6.45) is 4.90. The van der Waals surface area contributed by atoms with Crippen LogP contribution >= 0.6 is 11.3 Å². The highest BCUT2D eigenvalue weighted by atomic mass is 32.1. The molecule has 1 spiro atoms. The quantitative estimate of drug-likeness (QED) is 0.757. The molecule has 0 atom stereocenters. The minimum atomic E-state index is -5.08. The molecule has 4 heterocycles. The molecular weight excluding hydrogens is 435 g/mol. The maximum Gasteiger partial charge on any atom is 0.490 e. The Morgan fingerprint density at radius 3 is 2.32 bits per heavy atom. The minimum Gasteiger partial charge on any atom is -0.475 e. The van der Waals surface area contributed by atoms with Gasteiger partial charge in [0.2, 0.25) is 0 Å². The van der Waals surface area contributed by atoms with Crippen LogP contribution < -0.4 is 0 Å². The Morgan fingerprint density at radius 1 is 1.10 bits per heavy atom. The van der Waals surface area contributed by atoms with E-state index in [-0.39, 0.29) is 5.91 Å². The molecule has 2 aromatic rings. The van der Waals surface area contributed by atoms with E-state index in [1.165, 1.54) is 11.4 Å². The predicted molar refractivity (Wildman–Crippen MR) is 105 cm³/mol. The first-order chi connectivity index (χ1) is 14.7. The van der Waals surface area contributed by atoms with E-state index in [0.29, 0.717) is 11.1 Å². The van der Waals surface area contributed by atoms with Gasteiger partial charge < -0.3 is 10.0 Å². The van der Waals surface area contributed by atoms with Gasteiger partial charge in [-0.25, -0.2) is 14.8 Å². The summed E-state index contributed by atoms with van der Waals surface area (Å²) >= 11 is 1.73. The molecule has 168 valence electrons. The number of carbonyl (C=O) groups excluding carboxylic acids is 1. The fourth-order valence-corrected chi connectivity index (χ4v) is 4.51. The Balaban J connectivity index is 0.000000339. The first-order valence-electron chi connectivity index (χ1n) is 9.65. The molecule has 0 aliphatic carbocycles. The summed E-state index contributed by atoms with van der Waals surface area (Å²) in [6, 6.07) is 0. The van der Waals surface area contributed by atoms with Gasteiger partial charge in [-0.1, -0.05) is 0 Å². The average Bonchev–Trinajstić information content (AvgIpc) is 3.39. The number of likely N-dealkylation sites (tertiary alicyclic amines) is 2. The van der Waals surface area contributed by atoms with E-state index < -0.39 is 12.1 Å². The normalized spacial score (nSPS) is 18.5. The Hall–Kier alpha value is -2.60. The molecule has 0 saturated carbocycles. The van der Waals surface area contributed by atoms with Gasteiger partial charge in [0, 0.05) is 43.6 Å². The van der Waals surface area contributed by atoms with Crippen LogP contribution in [0.25, 0.3) is 0 Å². The lowest BCUT2D eigenvalue weighted by Gasteiger charge is -2.39. The third-order valence-corrected chi connectivity index (χ3v) is 6.26. The van der Waals surface area contributed by atoms with Crippen molar-refractivity contribution < 1.29 is 27.9 Å². The number of carboxylic acid groups (broad SMARTS) is 1. The lowest BCUT2D eigenvalue weighted by molar-refractivity contribution is -0.192. The number of aromatic nitrogens is 3. The zero-order valence-electron chi connectivity index (χ0n) is 16.6. The highest BCUT2D eigenvalue weighted by Gasteiger charge is 2.41. The average molecular weight is 457 g/mol. The topological polar surface area (TPSA) is 99.5 Å². The molecular formula is C19H22F3N5O3S. The van der Waals surface area contributed by atoms with Crippen molar-refractivity contribution in [2.45, 2.75) is 32.0 Å². The summed E-state index contributed by atoms with van der Waals surface area (Å²) in [4.78, 5) is 38.3. The standard InChI is InChI=1S/C17H21N5OS.C2HF3O2/c23-16(14-11-18-4-5-19-14)22-8-2-17(3-9-22)1-7-21(13-17)12-15-20-6-10-24-15;3-2(4,5)1(6)7/h4-6,10-11H,1-3,7-9,12-13H2;(H,6,7). The fourth-order valence-electron chi connectivity index (χ4n) is 3.85. The van der Waals surface area contributed by atoms with E-state index >= 15 is 0 Å². The second-order valence-electron chi connectivity index (χ2n) is 7.57. The van der Waals surface area contributed by atoms with E-state index in [9.17, 15) is 18.0 Å². The molecule has 0 aromatic carbocycles. The number of hydrogen-bond donors (Lipinski definition) is 1. The lowest BCUT2D eigenvalue weighted by atomic mass is 9.77. The van der Waals surface area contributed by atoms with Crippen LogP contribution in [-0.2, 0) is 11.3 Å². The van der Waals surface area contributed by atoms with Gasteiger partial charge in [-0.2, -0.15) is 13.2 Å². The summed E-state index contributed by atoms with van der Waals surface area (Å²) < 4.78 is 31.7. The number of thiazole rings is 1. The van der Waals surface area contributed by atoms with Crippen LogP contribution in [0.4, 0.5) is 13.2 Å². The van der Waals surface area contributed by atoms with Gasteiger partial charge in [0.1, 0.15) is 10.7 Å². The van der Waals surface area contributed by atoms with Gasteiger partial charge in [-0.05, 0) is 31.2 Å². The van der Waals surface area contributed by atoms with E-state index in [4.69, 9.17) is 9.90 Å². The number of nitrogens with zero attached hydrogens (tertiary/aromatic N) is 5. The zero-order valence-corrected chi connectivity index (χ0v) is 17.4. The van der Waals surface area contributed by atoms with Crippen LogP contribution in [0.5, 0.6) is 0 Å². The van der Waals surface area contributed by atoms with Gasteiger partial charge >= 0.3 is 12.1 Å². The van der Waals surface area contributed by atoms with Crippen molar-refractivity contribution in [1.29, 1.82) is 0 Å². The van der Waals surface area contributed by atoms with Crippen LogP contribution in [0, 0.1) is 5.41 Å². The number of halogens is 3. The van der Waals surface area contributed by atoms with E-state index in [1.807, 2.05) is 16.5 Å². The second kappa shape index (κ2) is 9.69. The molecule has 1 N–H and O–H groups in total. The van der Waals surface area contributed by atoms with Gasteiger partial charge in [0.25, 0.3) is 5.91 Å². The molecule has 2 saturated heterocycles. The summed E-state index contributed by atoms with van der Waals surface area (Å²) in [5, 5.41) is 10.4. The number of alkyl halides is 3. The van der Waals surface area contributed by atoms with Crippen LogP contribution in [0.15, 0.2) is 30.2 Å². The van der Waals surface area contributed by atoms with Crippen molar-refractivity contribution in [2.75, 3.05) is 26.2 Å². The molecule has 2 aliphatic heterocycles. The van der Waals surface area contributed by atoms with E-state index in [2.05, 4.69) is 19.9 Å². The minimum absolute atomic E-state index is 0.00980. The van der Waals surface area contributed by atoms with Crippen molar-refractivity contribution in [3.8, 4) is 0 Å². The number of aliphatic carboxylic acids is 1. The molecule has 4 rings (SSSR count). The van der Waals surface area contributed by atoms with E-state index in [1.54, 1.807) is 29.9 Å². The first kappa shape index (κ1) is 23.1. The molecule has 0 radical (unpaired) electrons. The summed E-state index contributed by atoms with van der Waals surface area (Å²) in [5.74, 6) is -2.75. The Labute approximate surface area is 180 Å². The van der Waals surface area contributed by atoms with Crippen molar-refractivity contribution in [1.82, 2.24) is 24.8 Å². The molecule has 0 bridgehead atoms. The maximum absolute atomic E-state index is 12.5. The van der Waals surface area contributed by atoms with E-state index in [0.717, 1.165) is 45.6 Å². The third-order valence-electron chi connectivity index (χ3n) is 5.50. The zero-order chi connectivity index (χ0) is 22.5. The Morgan fingerprint density at radius 2 is 1.77 bits per heavy atom. The number of amides is 1. The predicted octanol–water partition coefficient (Wildman–Crippen LogP) is 2.69. The number of carboxylic acids is 1. The number of rotatable bonds is 3. The van der Waals surface area contributed by atoms with Gasteiger partial charge in [0.05, 0.1) is 12.7 Å². The molecule has 2 aromatic heterocycles. The van der Waals surface area contributed by atoms with Crippen molar-refractivity contribution in [3.63, 3.8) is 0 Å². The molecule has 0 unspecified atom stereocenters. The van der Waals surface area contributed by atoms with Crippen LogP contribution in [0.2, 0.25) is 0 Å². The van der Waals surface area contributed by atoms with Crippen LogP contribution in [-0.4, -0.2) is 74.1 Å². The molecule has 8 nitrogen and oxygen atoms in total. The van der Waals surface area contributed by atoms with Gasteiger partial charge in [0.15, 0.2) is 0 Å². The van der Waals surface area contributed by atoms with Crippen molar-refractivity contribution in [2.24, 2.45) is 5.41 Å². The van der Waals surface area contributed by atoms with Crippen LogP contribution in [0.1, 0.15) is 34.8 Å². The van der Waals surface area contributed by atoms with Crippen LogP contribution in [0.3, 0.4) is 0 Å². The Bertz CT molecular complexity index is 872. The molecule has 2 fully saturated rings. The fraction of sp³-hybridized carbons (Fsp3) is 0.526. The molecule has 12 heteroatoms. The smallest absolute Gasteiger partial charge is 0.475 e. The Kier molecular flexibility index (Phi) is 7.21. The monoisotopic (exact) mass is 457 g/mol. The molecule has 2 aliphatic rings.